The van der Waals surface area contributed by atoms with Gasteiger partial charge >= 0.3 is 11.9 Å². The summed E-state index contributed by atoms with van der Waals surface area (Å²) in [5.74, 6) is -4.64. The van der Waals surface area contributed by atoms with Gasteiger partial charge in [0, 0.05) is 46.4 Å². The maximum absolute atomic E-state index is 15.5. The molecule has 0 saturated heterocycles. The van der Waals surface area contributed by atoms with Crippen molar-refractivity contribution in [1.29, 1.82) is 0 Å². The van der Waals surface area contributed by atoms with Gasteiger partial charge in [0.15, 0.2) is 46.2 Å². The van der Waals surface area contributed by atoms with Crippen molar-refractivity contribution in [1.82, 2.24) is 0 Å². The number of methoxy groups -OCH3 is 2. The molecule has 3 aromatic carbocycles. The Hall–Kier alpha value is -4.78. The Balaban J connectivity index is 1.44. The van der Waals surface area contributed by atoms with Gasteiger partial charge in [-0.15, -0.1) is 11.3 Å². The fourth-order valence-corrected chi connectivity index (χ4v) is 5.66. The topological polar surface area (TPSA) is 146 Å². The molecular weight excluding hydrogens is 626 g/mol. The molecule has 0 aliphatic rings. The predicted molar refractivity (Wildman–Crippen MR) is 166 cm³/mol. The van der Waals surface area contributed by atoms with E-state index in [1.165, 1.54) is 64.5 Å². The van der Waals surface area contributed by atoms with Crippen LogP contribution in [0.15, 0.2) is 36.4 Å². The van der Waals surface area contributed by atoms with E-state index in [1.807, 2.05) is 0 Å². The van der Waals surface area contributed by atoms with Crippen molar-refractivity contribution >= 4 is 55.7 Å². The highest BCUT2D eigenvalue weighted by Gasteiger charge is 2.31. The highest BCUT2D eigenvalue weighted by atomic mass is 32.1. The number of hydrogen-bond acceptors (Lipinski definition) is 9. The summed E-state index contributed by atoms with van der Waals surface area (Å²) in [6.07, 6.45) is -0.552. The maximum Gasteiger partial charge on any atom is 0.309 e. The van der Waals surface area contributed by atoms with Crippen LogP contribution in [0.2, 0.25) is 0 Å². The number of ketones is 2. The third-order valence-electron chi connectivity index (χ3n) is 7.25. The Morgan fingerprint density at radius 3 is 2.00 bits per heavy atom. The van der Waals surface area contributed by atoms with Crippen LogP contribution in [0.25, 0.3) is 20.9 Å². The van der Waals surface area contributed by atoms with Gasteiger partial charge in [0.05, 0.1) is 44.1 Å². The van der Waals surface area contributed by atoms with E-state index in [4.69, 9.17) is 24.1 Å². The zero-order chi connectivity index (χ0) is 33.8. The first kappa shape index (κ1) is 34.1. The number of carboxylic acids is 2. The summed E-state index contributed by atoms with van der Waals surface area (Å²) in [5, 5.41) is 18.8. The van der Waals surface area contributed by atoms with Crippen LogP contribution in [0.4, 0.5) is 8.78 Å². The quantitative estimate of drug-likeness (QED) is 0.0960. The van der Waals surface area contributed by atoms with Gasteiger partial charge in [0.25, 0.3) is 0 Å². The van der Waals surface area contributed by atoms with E-state index in [9.17, 15) is 24.3 Å². The summed E-state index contributed by atoms with van der Waals surface area (Å²) in [7, 11) is 2.68. The van der Waals surface area contributed by atoms with E-state index in [0.29, 0.717) is 10.1 Å². The molecule has 0 saturated carbocycles. The van der Waals surface area contributed by atoms with E-state index in [-0.39, 0.29) is 88.9 Å². The molecule has 0 spiro atoms. The molecule has 0 bridgehead atoms. The number of halogens is 2. The lowest BCUT2D eigenvalue weighted by Gasteiger charge is -2.16. The average Bonchev–Trinajstić information content (AvgIpc) is 3.45. The first-order chi connectivity index (χ1) is 21.8. The van der Waals surface area contributed by atoms with Gasteiger partial charge in [-0.3, -0.25) is 19.2 Å². The number of aliphatic carboxylic acids is 2. The molecule has 0 fully saturated rings. The average molecular weight is 659 g/mol. The van der Waals surface area contributed by atoms with Crippen molar-refractivity contribution < 1.29 is 57.1 Å². The molecule has 244 valence electrons. The Labute approximate surface area is 266 Å². The second kappa shape index (κ2) is 14.1. The summed E-state index contributed by atoms with van der Waals surface area (Å²) < 4.78 is 53.4. The largest absolute Gasteiger partial charge is 0.493 e. The standard InChI is InChI=1S/C33H32F2O10S/c1-33(2,32(40)41)16-22(37)26-14-20-25(46-26)15-24(43-4)31(29(20)35)45-11-5-10-44-30-23(42-3)13-18-12-17(6-7-19(18)28(30)34)21(36)8-9-27(38)39/h6-7,12-15H,5,8-11,16H2,1-4H3,(H,38,39)(H,40,41). The molecule has 0 aliphatic carbocycles. The lowest BCUT2D eigenvalue weighted by molar-refractivity contribution is -0.146. The van der Waals surface area contributed by atoms with Gasteiger partial charge in [-0.25, -0.2) is 8.78 Å². The van der Waals surface area contributed by atoms with Gasteiger partial charge in [0.1, 0.15) is 0 Å². The molecule has 1 heterocycles. The summed E-state index contributed by atoms with van der Waals surface area (Å²) in [4.78, 5) is 47.5. The number of fused-ring (bicyclic) bond motifs is 2. The van der Waals surface area contributed by atoms with Gasteiger partial charge < -0.3 is 29.2 Å². The first-order valence-electron chi connectivity index (χ1n) is 14.1. The lowest BCUT2D eigenvalue weighted by Crippen LogP contribution is -2.26. The second-order valence-electron chi connectivity index (χ2n) is 11.1. The number of ether oxygens (including phenoxy) is 4. The number of rotatable bonds is 16. The number of thiophene rings is 1. The molecule has 0 aliphatic heterocycles. The minimum Gasteiger partial charge on any atom is -0.493 e. The molecule has 0 atom stereocenters. The summed E-state index contributed by atoms with van der Waals surface area (Å²) in [6.45, 7) is 2.81. The molecule has 0 radical (unpaired) electrons. The van der Waals surface area contributed by atoms with E-state index in [0.717, 1.165) is 11.3 Å². The number of hydrogen-bond donors (Lipinski definition) is 2. The van der Waals surface area contributed by atoms with Crippen LogP contribution in [0.3, 0.4) is 0 Å². The monoisotopic (exact) mass is 658 g/mol. The van der Waals surface area contributed by atoms with E-state index >= 15 is 8.78 Å². The molecule has 46 heavy (non-hydrogen) atoms. The molecule has 4 aromatic rings. The van der Waals surface area contributed by atoms with Gasteiger partial charge in [0.2, 0.25) is 0 Å². The van der Waals surface area contributed by atoms with Crippen molar-refractivity contribution in [3.8, 4) is 23.0 Å². The fraction of sp³-hybridized carbons (Fsp3) is 0.333. The molecule has 0 unspecified atom stereocenters. The molecule has 0 amide bonds. The van der Waals surface area contributed by atoms with Crippen LogP contribution in [0.5, 0.6) is 23.0 Å². The van der Waals surface area contributed by atoms with E-state index in [1.54, 1.807) is 0 Å². The molecule has 4 rings (SSSR count). The van der Waals surface area contributed by atoms with Crippen molar-refractivity contribution in [3.05, 3.63) is 58.5 Å². The molecule has 10 nitrogen and oxygen atoms in total. The lowest BCUT2D eigenvalue weighted by atomic mass is 9.87. The van der Waals surface area contributed by atoms with Gasteiger partial charge in [-0.1, -0.05) is 12.1 Å². The van der Waals surface area contributed by atoms with Gasteiger partial charge in [-0.2, -0.15) is 0 Å². The minimum atomic E-state index is -1.28. The van der Waals surface area contributed by atoms with Crippen LogP contribution < -0.4 is 18.9 Å². The summed E-state index contributed by atoms with van der Waals surface area (Å²) in [5.41, 5.74) is -1.04. The molecular formula is C33H32F2O10S. The zero-order valence-corrected chi connectivity index (χ0v) is 26.3. The van der Waals surface area contributed by atoms with Crippen molar-refractivity contribution in [2.24, 2.45) is 5.41 Å². The first-order valence-corrected chi connectivity index (χ1v) is 15.0. The van der Waals surface area contributed by atoms with Crippen LogP contribution >= 0.6 is 11.3 Å². The van der Waals surface area contributed by atoms with Crippen molar-refractivity contribution in [3.63, 3.8) is 0 Å². The third kappa shape index (κ3) is 7.36. The number of carboxylic acid groups (broad SMARTS) is 2. The summed E-state index contributed by atoms with van der Waals surface area (Å²) >= 11 is 1.03. The number of carbonyl (C=O) groups is 4. The Kier molecular flexibility index (Phi) is 10.5. The van der Waals surface area contributed by atoms with Crippen LogP contribution in [0.1, 0.15) is 59.6 Å². The highest BCUT2D eigenvalue weighted by Crippen LogP contribution is 2.41. The summed E-state index contributed by atoms with van der Waals surface area (Å²) in [6, 6.07) is 8.71. The fourth-order valence-electron chi connectivity index (χ4n) is 4.64. The number of Topliss-reactive ketones (excluding diaryl/α,β-unsaturated/α-hetero) is 2. The highest BCUT2D eigenvalue weighted by molar-refractivity contribution is 7.20. The van der Waals surface area contributed by atoms with Crippen LogP contribution in [-0.4, -0.2) is 61.2 Å². The Morgan fingerprint density at radius 2 is 1.41 bits per heavy atom. The minimum absolute atomic E-state index is 0.0345. The Bertz CT molecular complexity index is 1830. The Morgan fingerprint density at radius 1 is 0.804 bits per heavy atom. The number of benzene rings is 3. The van der Waals surface area contributed by atoms with E-state index < -0.39 is 34.8 Å². The third-order valence-corrected chi connectivity index (χ3v) is 8.37. The normalized spacial score (nSPS) is 11.4. The SMILES string of the molecule is COc1cc2cc(C(=O)CCC(=O)O)ccc2c(F)c1OCCCOc1c(OC)cc2sc(C(=O)CC(C)(C)C(=O)O)cc2c1F. The number of carbonyl (C=O) groups excluding carboxylic acids is 2. The smallest absolute Gasteiger partial charge is 0.309 e. The van der Waals surface area contributed by atoms with Crippen LogP contribution in [0, 0.1) is 17.0 Å². The zero-order valence-electron chi connectivity index (χ0n) is 25.5. The predicted octanol–water partition coefficient (Wildman–Crippen LogP) is 6.93. The molecule has 2 N–H and O–H groups in total. The molecule has 1 aromatic heterocycles. The molecule has 13 heteroatoms. The van der Waals surface area contributed by atoms with E-state index in [2.05, 4.69) is 0 Å². The van der Waals surface area contributed by atoms with Crippen molar-refractivity contribution in [2.75, 3.05) is 27.4 Å². The maximum atomic E-state index is 15.5. The second-order valence-corrected chi connectivity index (χ2v) is 12.1. The van der Waals surface area contributed by atoms with Crippen LogP contribution in [-0.2, 0) is 9.59 Å². The van der Waals surface area contributed by atoms with Gasteiger partial charge in [-0.05, 0) is 37.4 Å². The van der Waals surface area contributed by atoms with Crippen molar-refractivity contribution in [2.45, 2.75) is 39.5 Å².